The number of carbonyl (C=O) groups excluding carboxylic acids is 1. The number of aliphatic hydroxyl groups is 3. The first-order valence-electron chi connectivity index (χ1n) is 18.2. The van der Waals surface area contributed by atoms with Gasteiger partial charge in [-0.25, -0.2) is 26.9 Å². The van der Waals surface area contributed by atoms with Crippen LogP contribution in [0.25, 0.3) is 0 Å². The monoisotopic (exact) mass is 896 g/mol. The van der Waals surface area contributed by atoms with Crippen LogP contribution >= 0.6 is 0 Å². The van der Waals surface area contributed by atoms with Crippen molar-refractivity contribution in [2.45, 2.75) is 83.6 Å². The molecule has 0 spiro atoms. The molecule has 63 heavy (non-hydrogen) atoms. The number of esters is 1. The molecule has 0 saturated heterocycles. The molecule has 0 aliphatic rings. The topological polar surface area (TPSA) is 200 Å². The van der Waals surface area contributed by atoms with Crippen molar-refractivity contribution in [1.82, 2.24) is 50.4 Å². The molecule has 2 aromatic carbocycles. The van der Waals surface area contributed by atoms with E-state index in [4.69, 9.17) is 9.84 Å². The number of pyridine rings is 2. The average Bonchev–Trinajstić information content (AvgIpc) is 3.94. The number of halogens is 8. The number of hydrogen-bond donors (Lipinski definition) is 3. The molecule has 340 valence electrons. The molecule has 0 bridgehead atoms. The van der Waals surface area contributed by atoms with E-state index in [0.717, 1.165) is 64.6 Å². The third-order valence-corrected chi connectivity index (χ3v) is 9.20. The maximum atomic E-state index is 15.6. The summed E-state index contributed by atoms with van der Waals surface area (Å²) in [4.78, 5) is 18.9. The van der Waals surface area contributed by atoms with E-state index in [9.17, 15) is 32.6 Å². The molecule has 6 rings (SSSR count). The van der Waals surface area contributed by atoms with Crippen LogP contribution in [0.2, 0.25) is 0 Å². The van der Waals surface area contributed by atoms with E-state index in [1.54, 1.807) is 6.92 Å². The van der Waals surface area contributed by atoms with Gasteiger partial charge in [0.2, 0.25) is 0 Å². The quantitative estimate of drug-likeness (QED) is 0.0740. The Morgan fingerprint density at radius 2 is 1.13 bits per heavy atom. The Morgan fingerprint density at radius 1 is 0.683 bits per heavy atom. The molecule has 15 nitrogen and oxygen atoms in total. The zero-order valence-corrected chi connectivity index (χ0v) is 31.9. The normalized spacial score (nSPS) is 13.3. The van der Waals surface area contributed by atoms with Crippen LogP contribution in [0.15, 0.2) is 85.7 Å². The fourth-order valence-corrected chi connectivity index (χ4v) is 6.03. The molecule has 4 aromatic heterocycles. The second-order valence-electron chi connectivity index (χ2n) is 13.4. The lowest BCUT2D eigenvalue weighted by molar-refractivity contribution is -0.207. The summed E-state index contributed by atoms with van der Waals surface area (Å²) in [5.41, 5.74) is -8.65. The van der Waals surface area contributed by atoms with Crippen molar-refractivity contribution in [3.8, 4) is 0 Å². The molecule has 0 saturated carbocycles. The molecule has 0 fully saturated rings. The highest BCUT2D eigenvalue weighted by Crippen LogP contribution is 2.48. The summed E-state index contributed by atoms with van der Waals surface area (Å²) in [5, 5.41) is 51.1. The second-order valence-corrected chi connectivity index (χ2v) is 13.4. The molecule has 0 aliphatic heterocycles. The summed E-state index contributed by atoms with van der Waals surface area (Å²) >= 11 is 0. The van der Waals surface area contributed by atoms with Gasteiger partial charge in [-0.05, 0) is 94.6 Å². The standard InChI is InChI=1S/C20H19F4N5O3.C18H17F4N5O2.2CH4/c1-2-32-18(30)8-4-13-3-7-17(25-10-13)20(23,24)19(31,11-29-12-26-27-28-29)15-6-5-14(21)9-16(15)22;19-13-4-5-14(15(20)8-13)17(29,10-27-11-24-25-26-27)18(21,22)16-6-3-12(9-23-16)2-1-7-28;;/h3,5-7,9-10,12,31H,2,4,8,11H2,1H3;3-6,8-9,11,28-29H,1-2,7,10H2;2*1H4. The highest BCUT2D eigenvalue weighted by Gasteiger charge is 2.59. The Bertz CT molecular complexity index is 2350. The van der Waals surface area contributed by atoms with Gasteiger partial charge < -0.3 is 20.1 Å². The van der Waals surface area contributed by atoms with E-state index in [2.05, 4.69) is 41.0 Å². The molecule has 6 aromatic rings. The Kier molecular flexibility index (Phi) is 17.5. The summed E-state index contributed by atoms with van der Waals surface area (Å²) in [6.45, 7) is -0.0301. The molecule has 3 N–H and O–H groups in total. The van der Waals surface area contributed by atoms with Crippen molar-refractivity contribution in [2.24, 2.45) is 0 Å². The van der Waals surface area contributed by atoms with E-state index >= 15 is 17.6 Å². The van der Waals surface area contributed by atoms with Crippen LogP contribution in [0.1, 0.15) is 68.3 Å². The maximum Gasteiger partial charge on any atom is 0.323 e. The minimum Gasteiger partial charge on any atom is -0.466 e. The van der Waals surface area contributed by atoms with E-state index in [1.807, 2.05) is 0 Å². The molecule has 23 heteroatoms. The number of benzene rings is 2. The third-order valence-electron chi connectivity index (χ3n) is 9.20. The van der Waals surface area contributed by atoms with Crippen LogP contribution in [-0.2, 0) is 58.5 Å². The SMILES string of the molecule is C.C.CCOC(=O)CCc1ccc(C(F)(F)C(O)(Cn2cnnn2)c2ccc(F)cc2F)nc1.OCCCc1ccc(C(F)(F)C(O)(Cn2cnnn2)c2ccc(F)cc2F)nc1. The number of hydrogen-bond acceptors (Lipinski definition) is 13. The summed E-state index contributed by atoms with van der Waals surface area (Å²) in [5.74, 6) is -13.4. The highest BCUT2D eigenvalue weighted by molar-refractivity contribution is 5.69. The Balaban J connectivity index is 0.000000326. The van der Waals surface area contributed by atoms with E-state index in [-0.39, 0.29) is 40.9 Å². The minimum atomic E-state index is -4.14. The first-order valence-corrected chi connectivity index (χ1v) is 18.2. The summed E-state index contributed by atoms with van der Waals surface area (Å²) in [6.07, 6.45) is 5.37. The summed E-state index contributed by atoms with van der Waals surface area (Å²) in [7, 11) is 0. The van der Waals surface area contributed by atoms with Crippen LogP contribution in [0, 0.1) is 23.3 Å². The number of ether oxygens (including phenoxy) is 1. The first kappa shape index (κ1) is 51.0. The van der Waals surface area contributed by atoms with Crippen molar-refractivity contribution >= 4 is 5.97 Å². The smallest absolute Gasteiger partial charge is 0.323 e. The van der Waals surface area contributed by atoms with Crippen molar-refractivity contribution < 1.29 is 60.0 Å². The van der Waals surface area contributed by atoms with Gasteiger partial charge in [-0.2, -0.15) is 17.6 Å². The van der Waals surface area contributed by atoms with Crippen LogP contribution < -0.4 is 0 Å². The summed E-state index contributed by atoms with van der Waals surface area (Å²) in [6, 6.07) is 8.47. The van der Waals surface area contributed by atoms with Crippen LogP contribution in [0.3, 0.4) is 0 Å². The van der Waals surface area contributed by atoms with Crippen molar-refractivity contribution in [3.63, 3.8) is 0 Å². The molecule has 2 atom stereocenters. The fourth-order valence-electron chi connectivity index (χ4n) is 6.03. The fraction of sp³-hybridized carbons (Fsp3) is 0.375. The van der Waals surface area contributed by atoms with Crippen LogP contribution in [0.4, 0.5) is 35.1 Å². The average molecular weight is 897 g/mol. The van der Waals surface area contributed by atoms with Gasteiger partial charge in [0.15, 0.2) is 11.2 Å². The number of aliphatic hydroxyl groups excluding tert-OH is 1. The number of tetrazole rings is 2. The third kappa shape index (κ3) is 11.6. The lowest BCUT2D eigenvalue weighted by atomic mass is 9.84. The largest absolute Gasteiger partial charge is 0.466 e. The van der Waals surface area contributed by atoms with Gasteiger partial charge in [0.1, 0.15) is 47.3 Å². The zero-order chi connectivity index (χ0) is 44.4. The first-order chi connectivity index (χ1) is 28.9. The second kappa shape index (κ2) is 21.6. The number of aryl methyl sites for hydroxylation is 2. The maximum absolute atomic E-state index is 15.6. The number of nitrogens with zero attached hydrogens (tertiary/aromatic N) is 10. The van der Waals surface area contributed by atoms with Crippen LogP contribution in [-0.4, -0.2) is 84.9 Å². The van der Waals surface area contributed by atoms with Gasteiger partial charge in [-0.3, -0.25) is 14.8 Å². The highest BCUT2D eigenvalue weighted by atomic mass is 19.3. The zero-order valence-electron chi connectivity index (χ0n) is 31.9. The lowest BCUT2D eigenvalue weighted by Crippen LogP contribution is -2.48. The molecule has 4 heterocycles. The minimum absolute atomic E-state index is 0. The molecule has 0 radical (unpaired) electrons. The van der Waals surface area contributed by atoms with Crippen LogP contribution in [0.5, 0.6) is 0 Å². The molecular weight excluding hydrogens is 852 g/mol. The predicted molar refractivity (Wildman–Crippen MR) is 206 cm³/mol. The predicted octanol–water partition coefficient (Wildman–Crippen LogP) is 5.75. The van der Waals surface area contributed by atoms with Gasteiger partial charge >= 0.3 is 17.8 Å². The van der Waals surface area contributed by atoms with E-state index in [1.165, 1.54) is 18.3 Å². The number of rotatable bonds is 17. The summed E-state index contributed by atoms with van der Waals surface area (Å²) < 4.78 is 124. The molecule has 0 aliphatic carbocycles. The molecule has 2 unspecified atom stereocenters. The number of carbonyl (C=O) groups is 1. The van der Waals surface area contributed by atoms with Crippen molar-refractivity contribution in [3.05, 3.63) is 143 Å². The van der Waals surface area contributed by atoms with E-state index < -0.39 is 87.9 Å². The van der Waals surface area contributed by atoms with Gasteiger partial charge in [0.25, 0.3) is 0 Å². The van der Waals surface area contributed by atoms with Gasteiger partial charge in [-0.1, -0.05) is 27.0 Å². The van der Waals surface area contributed by atoms with Gasteiger partial charge in [-0.15, -0.1) is 10.2 Å². The number of alkyl halides is 4. The molecule has 0 amide bonds. The van der Waals surface area contributed by atoms with Gasteiger partial charge in [0, 0.05) is 48.7 Å². The Morgan fingerprint density at radius 3 is 1.48 bits per heavy atom. The number of aromatic nitrogens is 10. The van der Waals surface area contributed by atoms with Gasteiger partial charge in [0.05, 0.1) is 19.7 Å². The Labute approximate surface area is 355 Å². The van der Waals surface area contributed by atoms with Crippen molar-refractivity contribution in [2.75, 3.05) is 13.2 Å². The Hall–Kier alpha value is -6.33. The van der Waals surface area contributed by atoms with Crippen molar-refractivity contribution in [1.29, 1.82) is 0 Å². The lowest BCUT2D eigenvalue weighted by Gasteiger charge is -2.35. The molecular formula is C40H44F8N10O5. The van der Waals surface area contributed by atoms with E-state index in [0.29, 0.717) is 36.1 Å².